The molecule has 0 saturated carbocycles. The van der Waals surface area contributed by atoms with E-state index in [1.54, 1.807) is 12.1 Å². The summed E-state index contributed by atoms with van der Waals surface area (Å²) in [5.41, 5.74) is 0.513. The monoisotopic (exact) mass is 358 g/mol. The number of anilines is 1. The van der Waals surface area contributed by atoms with E-state index in [2.05, 4.69) is 21.2 Å². The van der Waals surface area contributed by atoms with Crippen LogP contribution in [0, 0.1) is 16.0 Å². The highest BCUT2D eigenvalue weighted by atomic mass is 79.9. The molecule has 116 valence electrons. The van der Waals surface area contributed by atoms with Gasteiger partial charge in [-0.05, 0) is 30.9 Å². The first kappa shape index (κ1) is 17.4. The molecule has 0 aliphatic heterocycles. The topological polar surface area (TPSA) is 92.5 Å². The van der Waals surface area contributed by atoms with E-state index >= 15 is 0 Å². The third-order valence-electron chi connectivity index (χ3n) is 3.37. The number of carbonyl (C=O) groups is 1. The highest BCUT2D eigenvalue weighted by Crippen LogP contribution is 2.28. The molecule has 1 aromatic rings. The van der Waals surface area contributed by atoms with Crippen molar-refractivity contribution in [1.82, 2.24) is 0 Å². The Morgan fingerprint density at radius 2 is 2.19 bits per heavy atom. The number of carboxylic acid groups (broad SMARTS) is 1. The zero-order valence-corrected chi connectivity index (χ0v) is 13.4. The van der Waals surface area contributed by atoms with Gasteiger partial charge in [-0.1, -0.05) is 29.3 Å². The molecule has 1 atom stereocenters. The molecule has 0 radical (unpaired) electrons. The van der Waals surface area contributed by atoms with Crippen molar-refractivity contribution in [2.75, 3.05) is 11.9 Å². The summed E-state index contributed by atoms with van der Waals surface area (Å²) < 4.78 is 0.772. The molecule has 1 rings (SSSR count). The molecular formula is C14H19BrN2O4. The first-order valence-corrected chi connectivity index (χ1v) is 7.63. The summed E-state index contributed by atoms with van der Waals surface area (Å²) in [5.74, 6) is -0.483. The van der Waals surface area contributed by atoms with Gasteiger partial charge in [0.2, 0.25) is 0 Å². The fourth-order valence-electron chi connectivity index (χ4n) is 2.10. The largest absolute Gasteiger partial charge is 0.481 e. The Kier molecular flexibility index (Phi) is 7.14. The molecule has 0 aliphatic carbocycles. The summed E-state index contributed by atoms with van der Waals surface area (Å²) >= 11 is 3.29. The van der Waals surface area contributed by atoms with E-state index in [0.29, 0.717) is 24.6 Å². The molecule has 0 heterocycles. The van der Waals surface area contributed by atoms with Crippen LogP contribution in [0.1, 0.15) is 32.6 Å². The lowest BCUT2D eigenvalue weighted by molar-refractivity contribution is -0.384. The second kappa shape index (κ2) is 8.61. The van der Waals surface area contributed by atoms with E-state index in [1.165, 1.54) is 6.07 Å². The molecule has 0 bridgehead atoms. The fraction of sp³-hybridized carbons (Fsp3) is 0.500. The lowest BCUT2D eigenvalue weighted by Crippen LogP contribution is -2.11. The number of hydrogen-bond donors (Lipinski definition) is 2. The first-order chi connectivity index (χ1) is 9.93. The van der Waals surface area contributed by atoms with Crippen molar-refractivity contribution in [3.05, 3.63) is 32.8 Å². The van der Waals surface area contributed by atoms with Gasteiger partial charge in [-0.25, -0.2) is 0 Å². The predicted molar refractivity (Wildman–Crippen MR) is 84.6 cm³/mol. The van der Waals surface area contributed by atoms with Gasteiger partial charge in [-0.15, -0.1) is 0 Å². The normalized spacial score (nSPS) is 11.9. The van der Waals surface area contributed by atoms with Crippen molar-refractivity contribution in [3.8, 4) is 0 Å². The molecular weight excluding hydrogens is 340 g/mol. The molecule has 6 nitrogen and oxygen atoms in total. The predicted octanol–water partition coefficient (Wildman–Crippen LogP) is 4.05. The number of halogens is 1. The number of nitro groups is 1. The first-order valence-electron chi connectivity index (χ1n) is 6.83. The van der Waals surface area contributed by atoms with Crippen LogP contribution in [0.15, 0.2) is 22.7 Å². The molecule has 2 N–H and O–H groups in total. The minimum Gasteiger partial charge on any atom is -0.481 e. The van der Waals surface area contributed by atoms with Gasteiger partial charge in [0.15, 0.2) is 0 Å². The van der Waals surface area contributed by atoms with Crippen molar-refractivity contribution in [3.63, 3.8) is 0 Å². The Bertz CT molecular complexity index is 508. The van der Waals surface area contributed by atoms with E-state index in [-0.39, 0.29) is 12.1 Å². The van der Waals surface area contributed by atoms with Gasteiger partial charge in [-0.3, -0.25) is 14.9 Å². The van der Waals surface area contributed by atoms with Crippen LogP contribution in [-0.2, 0) is 4.79 Å². The Hall–Kier alpha value is -1.63. The maximum Gasteiger partial charge on any atom is 0.303 e. The van der Waals surface area contributed by atoms with Gasteiger partial charge >= 0.3 is 5.97 Å². The third kappa shape index (κ3) is 6.12. The molecule has 1 aromatic carbocycles. The van der Waals surface area contributed by atoms with Crippen LogP contribution in [0.5, 0.6) is 0 Å². The average molecular weight is 359 g/mol. The van der Waals surface area contributed by atoms with Crippen LogP contribution < -0.4 is 5.32 Å². The van der Waals surface area contributed by atoms with Crippen molar-refractivity contribution in [2.24, 2.45) is 5.92 Å². The van der Waals surface area contributed by atoms with Gasteiger partial charge in [0.1, 0.15) is 5.69 Å². The number of benzene rings is 1. The smallest absolute Gasteiger partial charge is 0.303 e. The van der Waals surface area contributed by atoms with Crippen molar-refractivity contribution in [2.45, 2.75) is 32.6 Å². The Morgan fingerprint density at radius 3 is 2.76 bits per heavy atom. The number of carboxylic acids is 1. The second-order valence-electron chi connectivity index (χ2n) is 4.84. The van der Waals surface area contributed by atoms with Crippen LogP contribution in [0.4, 0.5) is 11.4 Å². The summed E-state index contributed by atoms with van der Waals surface area (Å²) in [6.45, 7) is 2.60. The SMILES string of the molecule is CCC(CCNc1cc(Br)ccc1[N+](=O)[O-])CCC(=O)O. The van der Waals surface area contributed by atoms with Gasteiger partial charge in [0.25, 0.3) is 5.69 Å². The van der Waals surface area contributed by atoms with Crippen LogP contribution in [-0.4, -0.2) is 22.5 Å². The summed E-state index contributed by atoms with van der Waals surface area (Å²) in [6, 6.07) is 4.76. The molecule has 0 aliphatic rings. The second-order valence-corrected chi connectivity index (χ2v) is 5.76. The van der Waals surface area contributed by atoms with Crippen LogP contribution in [0.3, 0.4) is 0 Å². The minimum absolute atomic E-state index is 0.0387. The van der Waals surface area contributed by atoms with E-state index < -0.39 is 10.9 Å². The van der Waals surface area contributed by atoms with Crippen molar-refractivity contribution in [1.29, 1.82) is 0 Å². The standard InChI is InChI=1S/C14H19BrN2O4/c1-2-10(3-6-14(18)19)7-8-16-12-9-11(15)4-5-13(12)17(20)21/h4-5,9-10,16H,2-3,6-8H2,1H3,(H,18,19). The van der Waals surface area contributed by atoms with E-state index in [0.717, 1.165) is 17.3 Å². The van der Waals surface area contributed by atoms with Crippen molar-refractivity contribution >= 4 is 33.3 Å². The molecule has 21 heavy (non-hydrogen) atoms. The Balaban J connectivity index is 2.56. The minimum atomic E-state index is -0.788. The summed E-state index contributed by atoms with van der Waals surface area (Å²) in [6.07, 6.45) is 2.48. The number of hydrogen-bond acceptors (Lipinski definition) is 4. The summed E-state index contributed by atoms with van der Waals surface area (Å²) in [7, 11) is 0. The number of nitrogens with one attached hydrogen (secondary N) is 1. The lowest BCUT2D eigenvalue weighted by atomic mass is 9.96. The molecule has 1 unspecified atom stereocenters. The van der Waals surface area contributed by atoms with Crippen LogP contribution in [0.25, 0.3) is 0 Å². The molecule has 0 fully saturated rings. The van der Waals surface area contributed by atoms with Gasteiger partial charge in [0, 0.05) is 23.5 Å². The van der Waals surface area contributed by atoms with Gasteiger partial charge < -0.3 is 10.4 Å². The zero-order chi connectivity index (χ0) is 15.8. The molecule has 0 spiro atoms. The van der Waals surface area contributed by atoms with Gasteiger partial charge in [0.05, 0.1) is 4.92 Å². The highest BCUT2D eigenvalue weighted by Gasteiger charge is 2.14. The average Bonchev–Trinajstić information content (AvgIpc) is 2.42. The molecule has 0 aromatic heterocycles. The van der Waals surface area contributed by atoms with Crippen LogP contribution >= 0.6 is 15.9 Å². The fourth-order valence-corrected chi connectivity index (χ4v) is 2.46. The van der Waals surface area contributed by atoms with E-state index in [4.69, 9.17) is 5.11 Å². The number of nitro benzene ring substituents is 1. The zero-order valence-electron chi connectivity index (χ0n) is 11.8. The van der Waals surface area contributed by atoms with Crippen molar-refractivity contribution < 1.29 is 14.8 Å². The van der Waals surface area contributed by atoms with Gasteiger partial charge in [-0.2, -0.15) is 0 Å². The maximum atomic E-state index is 10.9. The highest BCUT2D eigenvalue weighted by molar-refractivity contribution is 9.10. The van der Waals surface area contributed by atoms with E-state index in [1.807, 2.05) is 6.92 Å². The summed E-state index contributed by atoms with van der Waals surface area (Å²) in [5, 5.41) is 22.7. The number of rotatable bonds is 9. The summed E-state index contributed by atoms with van der Waals surface area (Å²) in [4.78, 5) is 21.1. The number of aliphatic carboxylic acids is 1. The van der Waals surface area contributed by atoms with Crippen LogP contribution in [0.2, 0.25) is 0 Å². The molecule has 0 saturated heterocycles. The maximum absolute atomic E-state index is 10.9. The van der Waals surface area contributed by atoms with E-state index in [9.17, 15) is 14.9 Å². The lowest BCUT2D eigenvalue weighted by Gasteiger charge is -2.14. The third-order valence-corrected chi connectivity index (χ3v) is 3.86. The molecule has 7 heteroatoms. The molecule has 0 amide bonds. The quantitative estimate of drug-likeness (QED) is 0.513. The number of nitrogens with zero attached hydrogens (tertiary/aromatic N) is 1. The Morgan fingerprint density at radius 1 is 1.48 bits per heavy atom. The Labute approximate surface area is 131 Å².